The molecule has 5 aromatic rings. The molecule has 0 aliphatic carbocycles. The van der Waals surface area contributed by atoms with Crippen molar-refractivity contribution in [1.82, 2.24) is 34.3 Å². The summed E-state index contributed by atoms with van der Waals surface area (Å²) in [4.78, 5) is 21.3. The number of benzene rings is 1. The first-order valence-electron chi connectivity index (χ1n) is 9.47. The van der Waals surface area contributed by atoms with Gasteiger partial charge in [-0.2, -0.15) is 19.6 Å². The minimum Gasteiger partial charge on any atom is -0.329 e. The van der Waals surface area contributed by atoms with Crippen LogP contribution in [0.25, 0.3) is 22.3 Å². The van der Waals surface area contributed by atoms with E-state index in [0.29, 0.717) is 38.6 Å². The number of amides is 1. The molecule has 5 rings (SSSR count). The number of aromatic amines is 1. The summed E-state index contributed by atoms with van der Waals surface area (Å²) in [5, 5.41) is 19.0. The third kappa shape index (κ3) is 3.79. The average molecular weight is 466 g/mol. The number of H-pyrrole nitrogens is 1. The first kappa shape index (κ1) is 20.1. The van der Waals surface area contributed by atoms with Crippen molar-refractivity contribution in [1.29, 1.82) is 0 Å². The number of pyridine rings is 1. The lowest BCUT2D eigenvalue weighted by Gasteiger charge is -2.06. The number of nitrogens with zero attached hydrogens (tertiary/aromatic N) is 6. The number of rotatable bonds is 5. The Labute approximate surface area is 190 Å². The van der Waals surface area contributed by atoms with Crippen LogP contribution in [0.4, 0.5) is 16.5 Å². The van der Waals surface area contributed by atoms with Gasteiger partial charge in [-0.3, -0.25) is 19.6 Å². The molecule has 10 nitrogen and oxygen atoms in total. The average Bonchev–Trinajstić information content (AvgIpc) is 3.50. The SMILES string of the molecule is Cc1cc(C(=O)Nc2cncc(-c3nsc(Nc4ccc5[nH]ncc5c4Cl)n3)c2)n(C)n1. The van der Waals surface area contributed by atoms with Gasteiger partial charge in [0.2, 0.25) is 5.13 Å². The fraction of sp³-hybridized carbons (Fsp3) is 0.100. The van der Waals surface area contributed by atoms with Gasteiger partial charge >= 0.3 is 0 Å². The summed E-state index contributed by atoms with van der Waals surface area (Å²) in [6, 6.07) is 7.23. The minimum atomic E-state index is -0.273. The van der Waals surface area contributed by atoms with E-state index >= 15 is 0 Å². The molecule has 0 radical (unpaired) electrons. The van der Waals surface area contributed by atoms with Crippen LogP contribution in [-0.2, 0) is 7.05 Å². The predicted molar refractivity (Wildman–Crippen MR) is 123 cm³/mol. The molecule has 0 spiro atoms. The number of halogens is 1. The molecule has 4 heterocycles. The number of aromatic nitrogens is 7. The summed E-state index contributed by atoms with van der Waals surface area (Å²) in [6.07, 6.45) is 4.88. The number of fused-ring (bicyclic) bond motifs is 1. The van der Waals surface area contributed by atoms with Crippen LogP contribution < -0.4 is 10.6 Å². The summed E-state index contributed by atoms with van der Waals surface area (Å²) < 4.78 is 5.94. The maximum atomic E-state index is 12.6. The Morgan fingerprint density at radius 3 is 2.91 bits per heavy atom. The highest BCUT2D eigenvalue weighted by atomic mass is 35.5. The highest BCUT2D eigenvalue weighted by molar-refractivity contribution is 7.10. The molecule has 0 fully saturated rings. The monoisotopic (exact) mass is 465 g/mol. The summed E-state index contributed by atoms with van der Waals surface area (Å²) >= 11 is 7.66. The van der Waals surface area contributed by atoms with Gasteiger partial charge in [-0.25, -0.2) is 0 Å². The number of nitrogens with one attached hydrogen (secondary N) is 3. The number of anilines is 3. The highest BCUT2D eigenvalue weighted by Crippen LogP contribution is 2.33. The molecule has 12 heteroatoms. The van der Waals surface area contributed by atoms with Crippen molar-refractivity contribution < 1.29 is 4.79 Å². The van der Waals surface area contributed by atoms with Crippen molar-refractivity contribution in [2.75, 3.05) is 10.6 Å². The Kier molecular flexibility index (Phi) is 5.04. The fourth-order valence-electron chi connectivity index (χ4n) is 3.24. The highest BCUT2D eigenvalue weighted by Gasteiger charge is 2.14. The van der Waals surface area contributed by atoms with E-state index in [9.17, 15) is 4.79 Å². The molecule has 160 valence electrons. The summed E-state index contributed by atoms with van der Waals surface area (Å²) in [5.74, 6) is 0.211. The zero-order chi connectivity index (χ0) is 22.2. The van der Waals surface area contributed by atoms with E-state index < -0.39 is 0 Å². The predicted octanol–water partition coefficient (Wildman–Crippen LogP) is 4.17. The van der Waals surface area contributed by atoms with Gasteiger partial charge in [0.15, 0.2) is 5.82 Å². The van der Waals surface area contributed by atoms with E-state index in [1.54, 1.807) is 37.8 Å². The van der Waals surface area contributed by atoms with Crippen molar-refractivity contribution in [3.8, 4) is 11.4 Å². The Hall–Kier alpha value is -3.83. The maximum absolute atomic E-state index is 12.6. The molecule has 0 aliphatic heterocycles. The van der Waals surface area contributed by atoms with Gasteiger partial charge in [-0.05, 0) is 31.2 Å². The largest absolute Gasteiger partial charge is 0.329 e. The third-order valence-electron chi connectivity index (χ3n) is 4.71. The number of hydrogen-bond acceptors (Lipinski definition) is 8. The maximum Gasteiger partial charge on any atom is 0.273 e. The Morgan fingerprint density at radius 2 is 2.09 bits per heavy atom. The van der Waals surface area contributed by atoms with E-state index in [1.807, 2.05) is 19.1 Å². The van der Waals surface area contributed by atoms with E-state index in [2.05, 4.69) is 40.3 Å². The van der Waals surface area contributed by atoms with Crippen molar-refractivity contribution in [3.63, 3.8) is 0 Å². The van der Waals surface area contributed by atoms with E-state index in [0.717, 1.165) is 16.6 Å². The third-order valence-corrected chi connectivity index (χ3v) is 5.75. The van der Waals surface area contributed by atoms with Crippen molar-refractivity contribution >= 4 is 56.4 Å². The lowest BCUT2D eigenvalue weighted by molar-refractivity contribution is 0.101. The van der Waals surface area contributed by atoms with Gasteiger partial charge in [-0.1, -0.05) is 11.6 Å². The molecule has 0 saturated heterocycles. The van der Waals surface area contributed by atoms with Gasteiger partial charge in [0, 0.05) is 35.7 Å². The molecule has 1 amide bonds. The van der Waals surface area contributed by atoms with Crippen LogP contribution in [0.2, 0.25) is 5.02 Å². The van der Waals surface area contributed by atoms with E-state index in [-0.39, 0.29) is 5.91 Å². The van der Waals surface area contributed by atoms with Crippen LogP contribution in [-0.4, -0.2) is 40.2 Å². The van der Waals surface area contributed by atoms with Gasteiger partial charge in [0.1, 0.15) is 5.69 Å². The van der Waals surface area contributed by atoms with Crippen molar-refractivity contribution in [2.45, 2.75) is 6.92 Å². The number of aryl methyl sites for hydroxylation is 2. The quantitative estimate of drug-likeness (QED) is 0.355. The zero-order valence-electron chi connectivity index (χ0n) is 16.9. The molecule has 0 atom stereocenters. The molecule has 32 heavy (non-hydrogen) atoms. The van der Waals surface area contributed by atoms with Crippen LogP contribution in [0.5, 0.6) is 0 Å². The number of carbonyl (C=O) groups excluding carboxylic acids is 1. The van der Waals surface area contributed by atoms with Crippen molar-refractivity contribution in [3.05, 3.63) is 59.3 Å². The van der Waals surface area contributed by atoms with Gasteiger partial charge in [0.25, 0.3) is 5.91 Å². The fourth-order valence-corrected chi connectivity index (χ4v) is 4.10. The number of carbonyl (C=O) groups is 1. The first-order chi connectivity index (χ1) is 15.5. The minimum absolute atomic E-state index is 0.273. The number of hydrogen-bond donors (Lipinski definition) is 3. The van der Waals surface area contributed by atoms with E-state index in [4.69, 9.17) is 11.6 Å². The standard InChI is InChI=1S/C20H16ClN9OS/c1-10-5-16(30(2)28-10)19(31)24-12-6-11(7-22-8-12)18-26-20(32-29-18)25-15-4-3-14-13(17(15)21)9-23-27-14/h3-9H,1-2H3,(H,23,27)(H,24,31)(H,25,26,29). The van der Waals surface area contributed by atoms with Gasteiger partial charge in [-0.15, -0.1) is 0 Å². The molecular weight excluding hydrogens is 450 g/mol. The van der Waals surface area contributed by atoms with Crippen LogP contribution in [0.1, 0.15) is 16.2 Å². The second-order valence-corrected chi connectivity index (χ2v) is 8.15. The Morgan fingerprint density at radius 1 is 1.22 bits per heavy atom. The van der Waals surface area contributed by atoms with Crippen molar-refractivity contribution in [2.24, 2.45) is 7.05 Å². The topological polar surface area (TPSA) is 126 Å². The van der Waals surface area contributed by atoms with Crippen LogP contribution in [0.15, 0.2) is 42.9 Å². The molecule has 0 saturated carbocycles. The Balaban J connectivity index is 1.35. The molecule has 3 N–H and O–H groups in total. The molecular formula is C20H16ClN9OS. The molecule has 1 aromatic carbocycles. The molecule has 4 aromatic heterocycles. The lowest BCUT2D eigenvalue weighted by atomic mass is 10.2. The molecule has 0 aliphatic rings. The molecule has 0 unspecified atom stereocenters. The van der Waals surface area contributed by atoms with Crippen LogP contribution >= 0.6 is 23.1 Å². The van der Waals surface area contributed by atoms with Gasteiger partial charge in [0.05, 0.1) is 40.0 Å². The lowest BCUT2D eigenvalue weighted by Crippen LogP contribution is -2.16. The normalized spacial score (nSPS) is 11.1. The van der Waals surface area contributed by atoms with Crippen LogP contribution in [0.3, 0.4) is 0 Å². The zero-order valence-corrected chi connectivity index (χ0v) is 18.5. The summed E-state index contributed by atoms with van der Waals surface area (Å²) in [7, 11) is 1.72. The van der Waals surface area contributed by atoms with Gasteiger partial charge < -0.3 is 10.6 Å². The molecule has 0 bridgehead atoms. The first-order valence-corrected chi connectivity index (χ1v) is 10.6. The van der Waals surface area contributed by atoms with E-state index in [1.165, 1.54) is 16.2 Å². The Bertz CT molecular complexity index is 1450. The second kappa shape index (κ2) is 8.02. The smallest absolute Gasteiger partial charge is 0.273 e. The summed E-state index contributed by atoms with van der Waals surface area (Å²) in [5.41, 5.74) is 3.98. The summed E-state index contributed by atoms with van der Waals surface area (Å²) in [6.45, 7) is 1.83. The second-order valence-electron chi connectivity index (χ2n) is 7.02. The van der Waals surface area contributed by atoms with Crippen LogP contribution in [0, 0.1) is 6.92 Å².